The molecule has 3 aromatic rings. The largest absolute Gasteiger partial charge is 0.478 e. The number of halogens is 1. The van der Waals surface area contributed by atoms with E-state index >= 15 is 0 Å². The predicted molar refractivity (Wildman–Crippen MR) is 75.3 cm³/mol. The molecule has 94 valence electrons. The van der Waals surface area contributed by atoms with Crippen molar-refractivity contribution in [2.24, 2.45) is 0 Å². The van der Waals surface area contributed by atoms with Crippen molar-refractivity contribution in [2.75, 3.05) is 0 Å². The third-order valence-corrected chi connectivity index (χ3v) is 3.38. The van der Waals surface area contributed by atoms with Gasteiger partial charge in [0.15, 0.2) is 0 Å². The van der Waals surface area contributed by atoms with E-state index in [1.807, 2.05) is 30.5 Å². The summed E-state index contributed by atoms with van der Waals surface area (Å²) in [5.74, 6) is -0.231. The summed E-state index contributed by atoms with van der Waals surface area (Å²) >= 11 is 3.42. The highest BCUT2D eigenvalue weighted by Gasteiger charge is 2.12. The van der Waals surface area contributed by atoms with E-state index in [-0.39, 0.29) is 5.56 Å². The number of nitrogens with zero attached hydrogens (tertiary/aromatic N) is 2. The molecule has 19 heavy (non-hydrogen) atoms. The molecule has 1 aromatic carbocycles. The van der Waals surface area contributed by atoms with Crippen molar-refractivity contribution in [2.45, 2.75) is 0 Å². The van der Waals surface area contributed by atoms with Gasteiger partial charge >= 0.3 is 5.97 Å². The normalized spacial score (nSPS) is 10.8. The van der Waals surface area contributed by atoms with Crippen LogP contribution in [0.4, 0.5) is 0 Å². The highest BCUT2D eigenvalue weighted by molar-refractivity contribution is 9.10. The average molecular weight is 317 g/mol. The maximum Gasteiger partial charge on any atom is 0.337 e. The number of hydrogen-bond donors (Lipinski definition) is 1. The van der Waals surface area contributed by atoms with Crippen molar-refractivity contribution in [1.29, 1.82) is 0 Å². The highest BCUT2D eigenvalue weighted by atomic mass is 79.9. The zero-order valence-electron chi connectivity index (χ0n) is 9.75. The molecule has 0 fully saturated rings. The molecule has 5 heteroatoms. The van der Waals surface area contributed by atoms with Gasteiger partial charge in [-0.25, -0.2) is 9.78 Å². The van der Waals surface area contributed by atoms with Crippen LogP contribution in [-0.4, -0.2) is 20.5 Å². The van der Waals surface area contributed by atoms with Crippen LogP contribution in [0.1, 0.15) is 10.4 Å². The van der Waals surface area contributed by atoms with Crippen molar-refractivity contribution in [3.05, 3.63) is 58.8 Å². The molecule has 0 aliphatic heterocycles. The fourth-order valence-electron chi connectivity index (χ4n) is 2.04. The van der Waals surface area contributed by atoms with Gasteiger partial charge in [-0.2, -0.15) is 0 Å². The molecule has 0 saturated heterocycles. The Balaban J connectivity index is 2.27. The number of pyridine rings is 1. The Morgan fingerprint density at radius 3 is 2.84 bits per heavy atom. The fraction of sp³-hybridized carbons (Fsp3) is 0. The topological polar surface area (TPSA) is 54.6 Å². The van der Waals surface area contributed by atoms with Crippen molar-refractivity contribution in [3.8, 4) is 11.4 Å². The molecular weight excluding hydrogens is 308 g/mol. The summed E-state index contributed by atoms with van der Waals surface area (Å²) in [6.45, 7) is 0. The Kier molecular flexibility index (Phi) is 2.83. The number of fused-ring (bicyclic) bond motifs is 1. The number of imidazole rings is 1. The quantitative estimate of drug-likeness (QED) is 0.787. The number of hydrogen-bond acceptors (Lipinski definition) is 2. The molecule has 4 nitrogen and oxygen atoms in total. The van der Waals surface area contributed by atoms with Crippen LogP contribution in [-0.2, 0) is 0 Å². The van der Waals surface area contributed by atoms with Gasteiger partial charge in [0.1, 0.15) is 5.82 Å². The smallest absolute Gasteiger partial charge is 0.337 e. The predicted octanol–water partition coefficient (Wildman–Crippen LogP) is 3.46. The number of carboxylic acid groups (broad SMARTS) is 1. The summed E-state index contributed by atoms with van der Waals surface area (Å²) in [6.07, 6.45) is 3.39. The van der Waals surface area contributed by atoms with Crippen LogP contribution in [0.15, 0.2) is 53.3 Å². The van der Waals surface area contributed by atoms with Crippen LogP contribution < -0.4 is 0 Å². The third kappa shape index (κ3) is 2.02. The van der Waals surface area contributed by atoms with Crippen molar-refractivity contribution >= 4 is 27.4 Å². The minimum atomic E-state index is -0.953. The number of carbonyl (C=O) groups is 1. The molecule has 0 saturated carbocycles. The van der Waals surface area contributed by atoms with Gasteiger partial charge in [0.25, 0.3) is 0 Å². The van der Waals surface area contributed by atoms with E-state index in [0.29, 0.717) is 5.52 Å². The average Bonchev–Trinajstić information content (AvgIpc) is 2.82. The summed E-state index contributed by atoms with van der Waals surface area (Å²) in [4.78, 5) is 15.5. The lowest BCUT2D eigenvalue weighted by atomic mass is 10.2. The molecule has 0 atom stereocenters. The van der Waals surface area contributed by atoms with Crippen molar-refractivity contribution in [1.82, 2.24) is 9.38 Å². The van der Waals surface area contributed by atoms with Crippen LogP contribution in [0.5, 0.6) is 0 Å². The summed E-state index contributed by atoms with van der Waals surface area (Å²) in [6, 6.07) is 11.0. The van der Waals surface area contributed by atoms with E-state index in [1.54, 1.807) is 22.7 Å². The first-order valence-electron chi connectivity index (χ1n) is 5.62. The number of rotatable bonds is 2. The summed E-state index contributed by atoms with van der Waals surface area (Å²) < 4.78 is 2.74. The van der Waals surface area contributed by atoms with Gasteiger partial charge in [0, 0.05) is 16.2 Å². The molecule has 0 radical (unpaired) electrons. The van der Waals surface area contributed by atoms with Gasteiger partial charge < -0.3 is 5.11 Å². The molecule has 0 unspecified atom stereocenters. The van der Waals surface area contributed by atoms with Gasteiger partial charge in [0.05, 0.1) is 17.3 Å². The molecule has 1 N–H and O–H groups in total. The van der Waals surface area contributed by atoms with Crippen LogP contribution in [0, 0.1) is 0 Å². The SMILES string of the molecule is O=C(O)c1cccn2c(-c3cccc(Br)c3)ncc12. The Hall–Kier alpha value is -2.14. The van der Waals surface area contributed by atoms with Crippen LogP contribution in [0.25, 0.3) is 16.9 Å². The second-order valence-electron chi connectivity index (χ2n) is 4.07. The molecule has 2 aromatic heterocycles. The number of carboxylic acids is 1. The molecule has 0 bridgehead atoms. The van der Waals surface area contributed by atoms with Gasteiger partial charge in [-0.15, -0.1) is 0 Å². The number of aromatic carboxylic acids is 1. The number of aromatic nitrogens is 2. The van der Waals surface area contributed by atoms with Gasteiger partial charge in [0.2, 0.25) is 0 Å². The standard InChI is InChI=1S/C14H9BrN2O2/c15-10-4-1-3-9(7-10)13-16-8-12-11(14(18)19)5-2-6-17(12)13/h1-8H,(H,18,19). The van der Waals surface area contributed by atoms with Gasteiger partial charge in [-0.1, -0.05) is 28.1 Å². The molecule has 0 aliphatic carbocycles. The van der Waals surface area contributed by atoms with Crippen molar-refractivity contribution in [3.63, 3.8) is 0 Å². The summed E-state index contributed by atoms with van der Waals surface area (Å²) in [7, 11) is 0. The van der Waals surface area contributed by atoms with E-state index in [0.717, 1.165) is 15.9 Å². The number of benzene rings is 1. The lowest BCUT2D eigenvalue weighted by Crippen LogP contribution is -1.99. The van der Waals surface area contributed by atoms with Gasteiger partial charge in [-0.05, 0) is 24.3 Å². The minimum Gasteiger partial charge on any atom is -0.478 e. The highest BCUT2D eigenvalue weighted by Crippen LogP contribution is 2.24. The van der Waals surface area contributed by atoms with Crippen LogP contribution in [0.3, 0.4) is 0 Å². The van der Waals surface area contributed by atoms with E-state index in [2.05, 4.69) is 20.9 Å². The van der Waals surface area contributed by atoms with E-state index in [4.69, 9.17) is 5.11 Å². The second kappa shape index (κ2) is 4.51. The van der Waals surface area contributed by atoms with E-state index < -0.39 is 5.97 Å². The first-order valence-corrected chi connectivity index (χ1v) is 6.41. The maximum atomic E-state index is 11.2. The third-order valence-electron chi connectivity index (χ3n) is 2.88. The zero-order valence-corrected chi connectivity index (χ0v) is 11.3. The molecule has 0 amide bonds. The molecule has 3 rings (SSSR count). The van der Waals surface area contributed by atoms with Gasteiger partial charge in [-0.3, -0.25) is 4.40 Å². The maximum absolute atomic E-state index is 11.2. The van der Waals surface area contributed by atoms with E-state index in [1.165, 1.54) is 0 Å². The Bertz CT molecular complexity index is 780. The summed E-state index contributed by atoms with van der Waals surface area (Å²) in [5.41, 5.74) is 1.76. The lowest BCUT2D eigenvalue weighted by Gasteiger charge is -2.03. The zero-order chi connectivity index (χ0) is 13.4. The Labute approximate surface area is 117 Å². The lowest BCUT2D eigenvalue weighted by molar-refractivity contribution is 0.0698. The summed E-state index contributed by atoms with van der Waals surface area (Å²) in [5, 5.41) is 9.16. The van der Waals surface area contributed by atoms with E-state index in [9.17, 15) is 4.79 Å². The fourth-order valence-corrected chi connectivity index (χ4v) is 2.44. The molecule has 0 spiro atoms. The van der Waals surface area contributed by atoms with Crippen molar-refractivity contribution < 1.29 is 9.90 Å². The first-order chi connectivity index (χ1) is 9.16. The molecular formula is C14H9BrN2O2. The van der Waals surface area contributed by atoms with Crippen LogP contribution in [0.2, 0.25) is 0 Å². The van der Waals surface area contributed by atoms with Crippen LogP contribution >= 0.6 is 15.9 Å². The molecule has 0 aliphatic rings. The minimum absolute atomic E-state index is 0.247. The monoisotopic (exact) mass is 316 g/mol. The molecule has 2 heterocycles. The Morgan fingerprint density at radius 2 is 2.11 bits per heavy atom. The second-order valence-corrected chi connectivity index (χ2v) is 4.99. The first kappa shape index (κ1) is 11.9. The Morgan fingerprint density at radius 1 is 1.26 bits per heavy atom.